The van der Waals surface area contributed by atoms with Gasteiger partial charge in [0.1, 0.15) is 5.69 Å². The number of carbonyl (C=O) groups is 1. The zero-order valence-corrected chi connectivity index (χ0v) is 11.3. The predicted molar refractivity (Wildman–Crippen MR) is 75.3 cm³/mol. The van der Waals surface area contributed by atoms with Crippen LogP contribution in [0.5, 0.6) is 0 Å². The van der Waals surface area contributed by atoms with Crippen LogP contribution in [0.1, 0.15) is 21.7 Å². The van der Waals surface area contributed by atoms with Gasteiger partial charge in [-0.15, -0.1) is 0 Å². The molecule has 5 nitrogen and oxygen atoms in total. The summed E-state index contributed by atoms with van der Waals surface area (Å²) in [4.78, 5) is 20.0. The lowest BCUT2D eigenvalue weighted by Gasteiger charge is -2.16. The van der Waals surface area contributed by atoms with Gasteiger partial charge in [0, 0.05) is 6.20 Å². The Labute approximate surface area is 117 Å². The molecule has 0 aliphatic rings. The largest absolute Gasteiger partial charge is 0.394 e. The van der Waals surface area contributed by atoms with Crippen molar-refractivity contribution in [3.05, 3.63) is 59.7 Å². The second-order valence-electron chi connectivity index (χ2n) is 4.59. The van der Waals surface area contributed by atoms with Crippen molar-refractivity contribution in [1.82, 2.24) is 15.3 Å². The van der Waals surface area contributed by atoms with Crippen molar-refractivity contribution in [2.24, 2.45) is 0 Å². The molecule has 0 saturated carbocycles. The first-order valence-electron chi connectivity index (χ1n) is 6.43. The molecule has 0 fully saturated rings. The summed E-state index contributed by atoms with van der Waals surface area (Å²) in [6.07, 6.45) is 3.55. The molecule has 2 aromatic rings. The number of hydrogen-bond donors (Lipinski definition) is 2. The van der Waals surface area contributed by atoms with Crippen molar-refractivity contribution >= 4 is 5.91 Å². The number of nitrogens with one attached hydrogen (secondary N) is 1. The number of hydrogen-bond acceptors (Lipinski definition) is 4. The molecule has 0 saturated heterocycles. The monoisotopic (exact) mass is 271 g/mol. The number of amides is 1. The van der Waals surface area contributed by atoms with Crippen LogP contribution in [0.3, 0.4) is 0 Å². The minimum atomic E-state index is -0.340. The molecular weight excluding hydrogens is 254 g/mol. The van der Waals surface area contributed by atoms with Gasteiger partial charge < -0.3 is 10.4 Å². The molecule has 1 amide bonds. The molecule has 0 aliphatic carbocycles. The summed E-state index contributed by atoms with van der Waals surface area (Å²) in [5.41, 5.74) is 2.06. The Hall–Kier alpha value is -2.27. The number of nitrogens with zero attached hydrogens (tertiary/aromatic N) is 2. The van der Waals surface area contributed by atoms with E-state index < -0.39 is 0 Å². The average molecular weight is 271 g/mol. The third-order valence-corrected chi connectivity index (χ3v) is 2.89. The van der Waals surface area contributed by atoms with Crippen LogP contribution in [-0.4, -0.2) is 33.6 Å². The molecule has 0 radical (unpaired) electrons. The van der Waals surface area contributed by atoms with E-state index in [1.165, 1.54) is 6.20 Å². The minimum absolute atomic E-state index is 0.125. The van der Waals surface area contributed by atoms with Crippen LogP contribution in [-0.2, 0) is 6.42 Å². The summed E-state index contributed by atoms with van der Waals surface area (Å²) >= 11 is 0. The van der Waals surface area contributed by atoms with Crippen molar-refractivity contribution < 1.29 is 9.90 Å². The number of aromatic nitrogens is 2. The molecular formula is C15H17N3O2. The van der Waals surface area contributed by atoms with E-state index in [1.807, 2.05) is 30.3 Å². The van der Waals surface area contributed by atoms with Crippen LogP contribution in [0.25, 0.3) is 0 Å². The fourth-order valence-corrected chi connectivity index (χ4v) is 1.83. The standard InChI is InChI=1S/C15H17N3O2/c1-11-8-17-14(9-16-11)15(20)18-13(10-19)7-12-5-3-2-4-6-12/h2-6,8-9,13,19H,7,10H2,1H3,(H,18,20)/t13-/m1/s1. The summed E-state index contributed by atoms with van der Waals surface area (Å²) in [7, 11) is 0. The maximum Gasteiger partial charge on any atom is 0.271 e. The molecule has 2 rings (SSSR count). The van der Waals surface area contributed by atoms with Crippen LogP contribution < -0.4 is 5.32 Å². The Kier molecular flexibility index (Phi) is 4.79. The van der Waals surface area contributed by atoms with E-state index >= 15 is 0 Å². The van der Waals surface area contributed by atoms with Gasteiger partial charge in [-0.2, -0.15) is 0 Å². The highest BCUT2D eigenvalue weighted by molar-refractivity contribution is 5.92. The quantitative estimate of drug-likeness (QED) is 0.854. The van der Waals surface area contributed by atoms with E-state index in [9.17, 15) is 9.90 Å². The number of aliphatic hydroxyl groups excluding tert-OH is 1. The van der Waals surface area contributed by atoms with Crippen molar-refractivity contribution in [2.45, 2.75) is 19.4 Å². The normalized spacial score (nSPS) is 11.9. The molecule has 5 heteroatoms. The molecule has 104 valence electrons. The van der Waals surface area contributed by atoms with Crippen molar-refractivity contribution in [2.75, 3.05) is 6.61 Å². The summed E-state index contributed by atoms with van der Waals surface area (Å²) < 4.78 is 0. The Balaban J connectivity index is 1.99. The second-order valence-corrected chi connectivity index (χ2v) is 4.59. The minimum Gasteiger partial charge on any atom is -0.394 e. The number of aryl methyl sites for hydroxylation is 1. The third kappa shape index (κ3) is 3.86. The van der Waals surface area contributed by atoms with Gasteiger partial charge in [0.25, 0.3) is 5.91 Å². The third-order valence-electron chi connectivity index (χ3n) is 2.89. The zero-order valence-electron chi connectivity index (χ0n) is 11.3. The number of aliphatic hydroxyl groups is 1. The number of carbonyl (C=O) groups excluding carboxylic acids is 1. The van der Waals surface area contributed by atoms with E-state index in [0.29, 0.717) is 6.42 Å². The Morgan fingerprint density at radius 1 is 1.25 bits per heavy atom. The molecule has 2 N–H and O–H groups in total. The van der Waals surface area contributed by atoms with Gasteiger partial charge in [-0.05, 0) is 18.9 Å². The molecule has 1 atom stereocenters. The van der Waals surface area contributed by atoms with E-state index in [4.69, 9.17) is 0 Å². The lowest BCUT2D eigenvalue weighted by molar-refractivity contribution is 0.0911. The first-order valence-corrected chi connectivity index (χ1v) is 6.43. The summed E-state index contributed by atoms with van der Waals surface area (Å²) in [5.74, 6) is -0.326. The molecule has 1 aromatic heterocycles. The molecule has 1 aromatic carbocycles. The fourth-order valence-electron chi connectivity index (χ4n) is 1.83. The zero-order chi connectivity index (χ0) is 14.4. The van der Waals surface area contributed by atoms with Gasteiger partial charge in [0.05, 0.1) is 24.5 Å². The lowest BCUT2D eigenvalue weighted by Crippen LogP contribution is -2.39. The van der Waals surface area contributed by atoms with Crippen molar-refractivity contribution in [3.8, 4) is 0 Å². The lowest BCUT2D eigenvalue weighted by atomic mass is 10.1. The van der Waals surface area contributed by atoms with Gasteiger partial charge >= 0.3 is 0 Å². The van der Waals surface area contributed by atoms with Crippen LogP contribution >= 0.6 is 0 Å². The van der Waals surface area contributed by atoms with Crippen LogP contribution in [0.4, 0.5) is 0 Å². The van der Waals surface area contributed by atoms with E-state index in [0.717, 1.165) is 11.3 Å². The van der Waals surface area contributed by atoms with Crippen LogP contribution in [0, 0.1) is 6.92 Å². The van der Waals surface area contributed by atoms with E-state index in [1.54, 1.807) is 13.1 Å². The second kappa shape index (κ2) is 6.77. The maximum atomic E-state index is 12.0. The Morgan fingerprint density at radius 3 is 2.60 bits per heavy atom. The van der Waals surface area contributed by atoms with Crippen molar-refractivity contribution in [3.63, 3.8) is 0 Å². The van der Waals surface area contributed by atoms with Gasteiger partial charge in [0.15, 0.2) is 0 Å². The topological polar surface area (TPSA) is 75.1 Å². The summed E-state index contributed by atoms with van der Waals surface area (Å²) in [6.45, 7) is 1.68. The highest BCUT2D eigenvalue weighted by Gasteiger charge is 2.14. The smallest absolute Gasteiger partial charge is 0.271 e. The summed E-state index contributed by atoms with van der Waals surface area (Å²) in [6, 6.07) is 9.36. The Morgan fingerprint density at radius 2 is 2.00 bits per heavy atom. The van der Waals surface area contributed by atoms with E-state index in [2.05, 4.69) is 15.3 Å². The fraction of sp³-hybridized carbons (Fsp3) is 0.267. The van der Waals surface area contributed by atoms with Gasteiger partial charge in [-0.1, -0.05) is 30.3 Å². The molecule has 0 aliphatic heterocycles. The number of rotatable bonds is 5. The summed E-state index contributed by atoms with van der Waals surface area (Å²) in [5, 5.41) is 12.1. The average Bonchev–Trinajstić information content (AvgIpc) is 2.48. The first-order chi connectivity index (χ1) is 9.69. The van der Waals surface area contributed by atoms with Crippen LogP contribution in [0.15, 0.2) is 42.7 Å². The van der Waals surface area contributed by atoms with Gasteiger partial charge in [-0.3, -0.25) is 9.78 Å². The Bertz CT molecular complexity index is 555. The maximum absolute atomic E-state index is 12.0. The highest BCUT2D eigenvalue weighted by atomic mass is 16.3. The molecule has 0 unspecified atom stereocenters. The number of benzene rings is 1. The van der Waals surface area contributed by atoms with Gasteiger partial charge in [-0.25, -0.2) is 4.98 Å². The predicted octanol–water partition coefficient (Wildman–Crippen LogP) is 1.12. The van der Waals surface area contributed by atoms with Crippen LogP contribution in [0.2, 0.25) is 0 Å². The first kappa shape index (κ1) is 14.1. The van der Waals surface area contributed by atoms with Crippen molar-refractivity contribution in [1.29, 1.82) is 0 Å². The highest BCUT2D eigenvalue weighted by Crippen LogP contribution is 2.04. The molecule has 0 spiro atoms. The molecule has 20 heavy (non-hydrogen) atoms. The molecule has 0 bridgehead atoms. The SMILES string of the molecule is Cc1cnc(C(=O)N[C@@H](CO)Cc2ccccc2)cn1. The van der Waals surface area contributed by atoms with E-state index in [-0.39, 0.29) is 24.2 Å². The van der Waals surface area contributed by atoms with Gasteiger partial charge in [0.2, 0.25) is 0 Å². The molecule has 1 heterocycles.